The third kappa shape index (κ3) is 4.06. The molecule has 0 saturated heterocycles. The van der Waals surface area contributed by atoms with Gasteiger partial charge >= 0.3 is 0 Å². The maximum atomic E-state index is 13.1. The highest BCUT2D eigenvalue weighted by Gasteiger charge is 2.44. The van der Waals surface area contributed by atoms with Crippen molar-refractivity contribution in [2.75, 3.05) is 0 Å². The number of carbonyl (C=O) groups excluding carboxylic acids is 1. The van der Waals surface area contributed by atoms with Crippen LogP contribution in [-0.2, 0) is 10.2 Å². The molecule has 0 fully saturated rings. The van der Waals surface area contributed by atoms with Crippen LogP contribution in [-0.4, -0.2) is 5.78 Å². The van der Waals surface area contributed by atoms with E-state index in [2.05, 4.69) is 89.3 Å². The minimum absolute atomic E-state index is 0.0899. The number of carbonyl (C=O) groups is 1. The average molecular weight is 391 g/mol. The Morgan fingerprint density at radius 3 is 2.17 bits per heavy atom. The topological polar surface area (TPSA) is 17.1 Å². The number of benzene rings is 1. The quantitative estimate of drug-likeness (QED) is 0.522. The summed E-state index contributed by atoms with van der Waals surface area (Å²) in [6.07, 6.45) is 11.1. The van der Waals surface area contributed by atoms with E-state index in [0.29, 0.717) is 5.92 Å². The molecule has 29 heavy (non-hydrogen) atoms. The molecule has 1 aromatic rings. The van der Waals surface area contributed by atoms with Crippen molar-refractivity contribution in [3.05, 3.63) is 71.3 Å². The fourth-order valence-corrected chi connectivity index (χ4v) is 5.73. The number of hydrogen-bond acceptors (Lipinski definition) is 1. The van der Waals surface area contributed by atoms with Gasteiger partial charge in [-0.3, -0.25) is 4.79 Å². The van der Waals surface area contributed by atoms with Crippen LogP contribution in [0.3, 0.4) is 0 Å². The lowest BCUT2D eigenvalue weighted by Gasteiger charge is -2.37. The Balaban J connectivity index is 1.97. The van der Waals surface area contributed by atoms with Gasteiger partial charge in [-0.05, 0) is 53.2 Å². The van der Waals surface area contributed by atoms with Crippen molar-refractivity contribution in [1.29, 1.82) is 0 Å². The Labute approximate surface area is 178 Å². The van der Waals surface area contributed by atoms with E-state index in [1.165, 1.54) is 16.7 Å². The van der Waals surface area contributed by atoms with Gasteiger partial charge in [-0.25, -0.2) is 0 Å². The summed E-state index contributed by atoms with van der Waals surface area (Å²) in [5, 5.41) is 0. The molecule has 3 rings (SSSR count). The molecule has 3 unspecified atom stereocenters. The van der Waals surface area contributed by atoms with E-state index in [0.717, 1.165) is 12.8 Å². The number of Topliss-reactive ketones (excluding diaryl/α,β-unsaturated/α-hetero) is 1. The molecule has 0 radical (unpaired) electrons. The summed E-state index contributed by atoms with van der Waals surface area (Å²) >= 11 is 0. The van der Waals surface area contributed by atoms with Crippen molar-refractivity contribution in [2.45, 2.75) is 73.6 Å². The molecular formula is C28H38O. The zero-order valence-electron chi connectivity index (χ0n) is 19.6. The normalized spacial score (nSPS) is 29.7. The fourth-order valence-electron chi connectivity index (χ4n) is 5.73. The molecule has 156 valence electrons. The minimum Gasteiger partial charge on any atom is -0.298 e. The molecular weight excluding hydrogens is 352 g/mol. The molecule has 1 nitrogen and oxygen atoms in total. The van der Waals surface area contributed by atoms with E-state index in [4.69, 9.17) is 0 Å². The number of ketones is 1. The van der Waals surface area contributed by atoms with Gasteiger partial charge in [0.05, 0.1) is 5.41 Å². The summed E-state index contributed by atoms with van der Waals surface area (Å²) < 4.78 is 0. The Hall–Kier alpha value is -1.89. The highest BCUT2D eigenvalue weighted by molar-refractivity contribution is 5.92. The van der Waals surface area contributed by atoms with Gasteiger partial charge in [0, 0.05) is 5.41 Å². The SMILES string of the molecule is CC1CC(C)(CC(C)(C)c2ccccc2)C2=C1C=CC(C)(C(=O)C(C)(C)C)C=C2. The van der Waals surface area contributed by atoms with Crippen LogP contribution in [0.25, 0.3) is 0 Å². The van der Waals surface area contributed by atoms with Crippen molar-refractivity contribution < 1.29 is 4.79 Å². The molecule has 0 bridgehead atoms. The van der Waals surface area contributed by atoms with Crippen molar-refractivity contribution >= 4 is 5.78 Å². The van der Waals surface area contributed by atoms with E-state index >= 15 is 0 Å². The summed E-state index contributed by atoms with van der Waals surface area (Å²) in [6, 6.07) is 10.9. The van der Waals surface area contributed by atoms with Gasteiger partial charge in [0.2, 0.25) is 0 Å². The van der Waals surface area contributed by atoms with E-state index in [1.54, 1.807) is 0 Å². The van der Waals surface area contributed by atoms with Crippen LogP contribution in [0.5, 0.6) is 0 Å². The van der Waals surface area contributed by atoms with Crippen LogP contribution in [0, 0.1) is 22.2 Å². The maximum absolute atomic E-state index is 13.1. The van der Waals surface area contributed by atoms with Crippen LogP contribution in [0.2, 0.25) is 0 Å². The molecule has 2 aliphatic rings. The first-order valence-electron chi connectivity index (χ1n) is 11.0. The van der Waals surface area contributed by atoms with Crippen molar-refractivity contribution in [3.8, 4) is 0 Å². The molecule has 0 saturated carbocycles. The zero-order valence-corrected chi connectivity index (χ0v) is 19.6. The van der Waals surface area contributed by atoms with Gasteiger partial charge in [-0.1, -0.05) is 103 Å². The van der Waals surface area contributed by atoms with Crippen molar-refractivity contribution in [3.63, 3.8) is 0 Å². The van der Waals surface area contributed by atoms with Gasteiger partial charge in [-0.2, -0.15) is 0 Å². The lowest BCUT2D eigenvalue weighted by atomic mass is 9.67. The lowest BCUT2D eigenvalue weighted by molar-refractivity contribution is -0.131. The van der Waals surface area contributed by atoms with Crippen LogP contribution >= 0.6 is 0 Å². The molecule has 3 atom stereocenters. The first kappa shape index (κ1) is 21.8. The van der Waals surface area contributed by atoms with Gasteiger partial charge in [-0.15, -0.1) is 0 Å². The Morgan fingerprint density at radius 2 is 1.59 bits per heavy atom. The number of hydrogen-bond donors (Lipinski definition) is 0. The first-order chi connectivity index (χ1) is 13.3. The molecule has 0 aromatic heterocycles. The van der Waals surface area contributed by atoms with E-state index in [9.17, 15) is 4.79 Å². The van der Waals surface area contributed by atoms with Crippen LogP contribution in [0.15, 0.2) is 65.8 Å². The monoisotopic (exact) mass is 390 g/mol. The highest BCUT2D eigenvalue weighted by Crippen LogP contribution is 2.54. The predicted octanol–water partition coefficient (Wildman–Crippen LogP) is 7.44. The van der Waals surface area contributed by atoms with E-state index in [-0.39, 0.29) is 22.0 Å². The molecule has 1 heteroatoms. The largest absolute Gasteiger partial charge is 0.298 e. The predicted molar refractivity (Wildman–Crippen MR) is 124 cm³/mol. The summed E-state index contributed by atoms with van der Waals surface area (Å²) in [5.41, 5.74) is 3.52. The van der Waals surface area contributed by atoms with Gasteiger partial charge < -0.3 is 0 Å². The van der Waals surface area contributed by atoms with Gasteiger partial charge in [0.1, 0.15) is 0 Å². The molecule has 1 aromatic carbocycles. The summed E-state index contributed by atoms with van der Waals surface area (Å²) in [5.74, 6) is 0.784. The Bertz CT molecular complexity index is 875. The third-order valence-electron chi connectivity index (χ3n) is 7.01. The number of rotatable bonds is 4. The van der Waals surface area contributed by atoms with Gasteiger partial charge in [0.15, 0.2) is 5.78 Å². The van der Waals surface area contributed by atoms with Crippen LogP contribution in [0.4, 0.5) is 0 Å². The van der Waals surface area contributed by atoms with Crippen LogP contribution in [0.1, 0.15) is 73.8 Å². The molecule has 0 heterocycles. The van der Waals surface area contributed by atoms with E-state index < -0.39 is 5.41 Å². The molecule has 0 N–H and O–H groups in total. The van der Waals surface area contributed by atoms with E-state index in [1.807, 2.05) is 20.8 Å². The lowest BCUT2D eigenvalue weighted by Crippen LogP contribution is -2.34. The zero-order chi connectivity index (χ0) is 21.7. The summed E-state index contributed by atoms with van der Waals surface area (Å²) in [6.45, 7) is 17.6. The second-order valence-corrected chi connectivity index (χ2v) is 11.5. The minimum atomic E-state index is -0.543. The molecule has 0 amide bonds. The highest BCUT2D eigenvalue weighted by atomic mass is 16.1. The Morgan fingerprint density at radius 1 is 1.00 bits per heavy atom. The van der Waals surface area contributed by atoms with Crippen LogP contribution < -0.4 is 0 Å². The summed E-state index contributed by atoms with van der Waals surface area (Å²) in [7, 11) is 0. The Kier molecular flexibility index (Phi) is 5.35. The standard InChI is InChI=1S/C28H38O/c1-20-18-28(8,19-26(5,6)21-12-10-9-11-13-21)23-15-17-27(7,16-14-22(20)23)24(29)25(2,3)4/h9-17,20H,18-19H2,1-8H3. The number of allylic oxidation sites excluding steroid dienone is 6. The maximum Gasteiger partial charge on any atom is 0.151 e. The van der Waals surface area contributed by atoms with Crippen molar-refractivity contribution in [2.24, 2.45) is 22.2 Å². The molecule has 0 aliphatic heterocycles. The fraction of sp³-hybridized carbons (Fsp3) is 0.536. The van der Waals surface area contributed by atoms with Crippen molar-refractivity contribution in [1.82, 2.24) is 0 Å². The first-order valence-corrected chi connectivity index (χ1v) is 11.0. The smallest absolute Gasteiger partial charge is 0.151 e. The molecule has 2 aliphatic carbocycles. The summed E-state index contributed by atoms with van der Waals surface area (Å²) in [4.78, 5) is 13.1. The average Bonchev–Trinajstić information content (AvgIpc) is 2.75. The second kappa shape index (κ2) is 7.11. The van der Waals surface area contributed by atoms with Gasteiger partial charge in [0.25, 0.3) is 0 Å². The second-order valence-electron chi connectivity index (χ2n) is 11.5. The third-order valence-corrected chi connectivity index (χ3v) is 7.01. The molecule has 0 spiro atoms.